The maximum Gasteiger partial charge on any atom is 0.256 e. The number of amides is 2. The van der Waals surface area contributed by atoms with Crippen LogP contribution in [-0.2, 0) is 0 Å². The number of hydrogen-bond acceptors (Lipinski definition) is 5. The van der Waals surface area contributed by atoms with Crippen LogP contribution in [0.25, 0.3) is 16.7 Å². The van der Waals surface area contributed by atoms with Gasteiger partial charge in [0.1, 0.15) is 17.1 Å². The van der Waals surface area contributed by atoms with Crippen LogP contribution < -0.4 is 10.1 Å². The van der Waals surface area contributed by atoms with Gasteiger partial charge in [-0.15, -0.1) is 0 Å². The zero-order valence-corrected chi connectivity index (χ0v) is 20.2. The molecule has 1 aliphatic rings. The molecule has 0 radical (unpaired) electrons. The van der Waals surface area contributed by atoms with Gasteiger partial charge in [0.2, 0.25) is 0 Å². The van der Waals surface area contributed by atoms with Gasteiger partial charge in [0.25, 0.3) is 11.8 Å². The molecule has 34 heavy (non-hydrogen) atoms. The molecule has 2 amide bonds. The van der Waals surface area contributed by atoms with E-state index in [-0.39, 0.29) is 17.4 Å². The number of fused-ring (bicyclic) bond motifs is 1. The molecule has 8 heteroatoms. The molecule has 1 aliphatic heterocycles. The molecule has 1 aromatic carbocycles. The first-order valence-corrected chi connectivity index (χ1v) is 11.3. The quantitative estimate of drug-likeness (QED) is 0.360. The number of hydrogen-bond donors (Lipinski definition) is 3. The van der Waals surface area contributed by atoms with Crippen molar-refractivity contribution in [2.45, 2.75) is 46.1 Å². The van der Waals surface area contributed by atoms with Crippen LogP contribution in [0, 0.1) is 19.3 Å². The van der Waals surface area contributed by atoms with Crippen LogP contribution in [0.2, 0.25) is 0 Å². The predicted molar refractivity (Wildman–Crippen MR) is 132 cm³/mol. The zero-order valence-electron chi connectivity index (χ0n) is 20.2. The number of furan rings is 1. The highest BCUT2D eigenvalue weighted by Gasteiger charge is 2.37. The highest BCUT2D eigenvalue weighted by atomic mass is 16.5. The number of aromatic amines is 1. The van der Waals surface area contributed by atoms with E-state index in [1.165, 1.54) is 6.08 Å². The Morgan fingerprint density at radius 3 is 2.71 bits per heavy atom. The Balaban J connectivity index is 1.65. The Labute approximate surface area is 198 Å². The minimum atomic E-state index is -0.213. The molecule has 0 atom stereocenters. The fraction of sp³-hybridized carbons (Fsp3) is 0.346. The Bertz CT molecular complexity index is 1310. The van der Waals surface area contributed by atoms with Crippen molar-refractivity contribution in [1.29, 1.82) is 5.41 Å². The highest BCUT2D eigenvalue weighted by Crippen LogP contribution is 2.33. The first kappa shape index (κ1) is 23.4. The molecule has 0 aliphatic carbocycles. The number of nitrogens with one attached hydrogen (secondary N) is 3. The van der Waals surface area contributed by atoms with Crippen molar-refractivity contribution in [2.75, 3.05) is 13.6 Å². The highest BCUT2D eigenvalue weighted by molar-refractivity contribution is 6.07. The second-order valence-corrected chi connectivity index (χ2v) is 9.15. The van der Waals surface area contributed by atoms with Crippen LogP contribution in [0.1, 0.15) is 64.4 Å². The molecule has 3 aromatic rings. The number of aryl methyl sites for hydroxylation is 1. The summed E-state index contributed by atoms with van der Waals surface area (Å²) in [6, 6.07) is 5.24. The Morgan fingerprint density at radius 1 is 1.29 bits per heavy atom. The summed E-state index contributed by atoms with van der Waals surface area (Å²) in [4.78, 5) is 30.5. The lowest BCUT2D eigenvalue weighted by molar-refractivity contribution is 0.0651. The molecule has 4 rings (SSSR count). The molecule has 1 saturated heterocycles. The van der Waals surface area contributed by atoms with Crippen LogP contribution in [0.15, 0.2) is 34.9 Å². The van der Waals surface area contributed by atoms with Gasteiger partial charge in [-0.3, -0.25) is 9.59 Å². The van der Waals surface area contributed by atoms with E-state index in [2.05, 4.69) is 24.1 Å². The van der Waals surface area contributed by atoms with Crippen molar-refractivity contribution < 1.29 is 18.7 Å². The van der Waals surface area contributed by atoms with Gasteiger partial charge < -0.3 is 29.8 Å². The van der Waals surface area contributed by atoms with Crippen LogP contribution in [0.3, 0.4) is 0 Å². The molecule has 8 nitrogen and oxygen atoms in total. The average Bonchev–Trinajstić information content (AvgIpc) is 3.45. The summed E-state index contributed by atoms with van der Waals surface area (Å²) < 4.78 is 11.9. The van der Waals surface area contributed by atoms with Crippen molar-refractivity contribution in [3.8, 4) is 5.75 Å². The molecule has 3 N–H and O–H groups in total. The predicted octanol–water partition coefficient (Wildman–Crippen LogP) is 4.82. The lowest BCUT2D eigenvalue weighted by Crippen LogP contribution is -2.42. The second-order valence-electron chi connectivity index (χ2n) is 9.15. The van der Waals surface area contributed by atoms with Crippen molar-refractivity contribution in [1.82, 2.24) is 15.2 Å². The molecule has 0 spiro atoms. The van der Waals surface area contributed by atoms with Crippen LogP contribution in [-0.4, -0.2) is 47.0 Å². The van der Waals surface area contributed by atoms with E-state index < -0.39 is 0 Å². The lowest BCUT2D eigenvalue weighted by Gasteiger charge is -2.31. The fourth-order valence-corrected chi connectivity index (χ4v) is 4.64. The Morgan fingerprint density at radius 2 is 2.06 bits per heavy atom. The monoisotopic (exact) mass is 462 g/mol. The third-order valence-corrected chi connectivity index (χ3v) is 6.52. The van der Waals surface area contributed by atoms with E-state index in [0.717, 1.165) is 31.2 Å². The number of H-pyrrole nitrogens is 1. The third-order valence-electron chi connectivity index (χ3n) is 6.52. The molecular weight excluding hydrogens is 432 g/mol. The van der Waals surface area contributed by atoms with Gasteiger partial charge in [0.15, 0.2) is 5.76 Å². The number of allylic oxidation sites excluding steroid dienone is 1. The Hall–Kier alpha value is -3.81. The van der Waals surface area contributed by atoms with E-state index in [0.29, 0.717) is 45.1 Å². The summed E-state index contributed by atoms with van der Waals surface area (Å²) >= 11 is 0. The zero-order chi connectivity index (χ0) is 24.6. The van der Waals surface area contributed by atoms with E-state index in [1.807, 2.05) is 11.8 Å². The summed E-state index contributed by atoms with van der Waals surface area (Å²) in [5.41, 5.74) is 2.83. The van der Waals surface area contributed by atoms with Gasteiger partial charge >= 0.3 is 0 Å². The van der Waals surface area contributed by atoms with E-state index in [4.69, 9.17) is 14.6 Å². The topological polar surface area (TPSA) is 111 Å². The lowest BCUT2D eigenvalue weighted by atomic mass is 10.0. The van der Waals surface area contributed by atoms with Gasteiger partial charge in [0.05, 0.1) is 16.8 Å². The van der Waals surface area contributed by atoms with Gasteiger partial charge in [0, 0.05) is 49.1 Å². The van der Waals surface area contributed by atoms with Gasteiger partial charge in [-0.1, -0.05) is 0 Å². The molecule has 0 unspecified atom stereocenters. The fourth-order valence-electron chi connectivity index (χ4n) is 4.64. The second kappa shape index (κ2) is 8.85. The maximum absolute atomic E-state index is 13.3. The molecule has 0 saturated carbocycles. The number of benzene rings is 1. The van der Waals surface area contributed by atoms with Gasteiger partial charge in [-0.25, -0.2) is 0 Å². The van der Waals surface area contributed by atoms with Gasteiger partial charge in [-0.2, -0.15) is 0 Å². The SMILES string of the molecule is CNC(=O)c1c(C)oc2cc(O/C(=C/C=N)c3[nH]cc(C(=O)N4CCCC4(C)C)c3C)ccc12. The summed E-state index contributed by atoms with van der Waals surface area (Å²) in [6.45, 7) is 8.54. The number of nitrogens with zero attached hydrogens (tertiary/aromatic N) is 1. The first-order valence-electron chi connectivity index (χ1n) is 11.3. The summed E-state index contributed by atoms with van der Waals surface area (Å²) in [5, 5.41) is 10.9. The molecule has 3 heterocycles. The number of aromatic nitrogens is 1. The van der Waals surface area contributed by atoms with Crippen molar-refractivity contribution in [3.63, 3.8) is 0 Å². The molecular formula is C26H30N4O4. The molecule has 0 bridgehead atoms. The minimum absolute atomic E-state index is 0.00841. The minimum Gasteiger partial charge on any atom is -0.460 e. The first-order chi connectivity index (χ1) is 16.2. The van der Waals surface area contributed by atoms with Crippen molar-refractivity contribution >= 4 is 34.8 Å². The largest absolute Gasteiger partial charge is 0.460 e. The number of rotatable bonds is 6. The number of ether oxygens (including phenoxy) is 1. The van der Waals surface area contributed by atoms with Crippen molar-refractivity contribution in [2.24, 2.45) is 0 Å². The number of carbonyl (C=O) groups excluding carboxylic acids is 2. The van der Waals surface area contributed by atoms with Crippen LogP contribution >= 0.6 is 0 Å². The van der Waals surface area contributed by atoms with Gasteiger partial charge in [-0.05, 0) is 58.2 Å². The summed E-state index contributed by atoms with van der Waals surface area (Å²) in [5.74, 6) is 1.19. The van der Waals surface area contributed by atoms with E-state index >= 15 is 0 Å². The Kier molecular flexibility index (Phi) is 6.08. The van der Waals surface area contributed by atoms with Crippen molar-refractivity contribution in [3.05, 3.63) is 58.6 Å². The van der Waals surface area contributed by atoms with E-state index in [1.54, 1.807) is 38.4 Å². The maximum atomic E-state index is 13.3. The number of likely N-dealkylation sites (tertiary alicyclic amines) is 1. The number of carbonyl (C=O) groups is 2. The van der Waals surface area contributed by atoms with Crippen LogP contribution in [0.5, 0.6) is 5.75 Å². The molecule has 178 valence electrons. The van der Waals surface area contributed by atoms with Crippen LogP contribution in [0.4, 0.5) is 0 Å². The van der Waals surface area contributed by atoms with E-state index in [9.17, 15) is 9.59 Å². The normalized spacial score (nSPS) is 15.6. The summed E-state index contributed by atoms with van der Waals surface area (Å²) in [6.07, 6.45) is 6.35. The summed E-state index contributed by atoms with van der Waals surface area (Å²) in [7, 11) is 1.58. The average molecular weight is 463 g/mol. The smallest absolute Gasteiger partial charge is 0.256 e. The standard InChI is InChI=1S/C26H30N4O4/c1-15-19(25(32)30-12-6-10-26(30,3)4)14-29-23(15)20(9-11-27)34-17-7-8-18-21(13-17)33-16(2)22(18)24(31)28-5/h7-9,11,13-14,27,29H,6,10,12H2,1-5H3,(H,28,31)/b20-9+,27-11?. The molecule has 2 aromatic heterocycles. The third kappa shape index (κ3) is 4.00. The molecule has 1 fully saturated rings.